The molecule has 1 aromatic rings. The highest BCUT2D eigenvalue weighted by Gasteiger charge is 2.02. The Kier molecular flexibility index (Phi) is 6.22. The van der Waals surface area contributed by atoms with Gasteiger partial charge in [0.25, 0.3) is 0 Å². The average Bonchev–Trinajstić information content (AvgIpc) is 2.33. The van der Waals surface area contributed by atoms with E-state index in [0.29, 0.717) is 6.42 Å². The molecule has 4 nitrogen and oxygen atoms in total. The Morgan fingerprint density at radius 1 is 1.39 bits per heavy atom. The van der Waals surface area contributed by atoms with Crippen molar-refractivity contribution < 1.29 is 14.6 Å². The topological polar surface area (TPSA) is 58.6 Å². The van der Waals surface area contributed by atoms with Crippen molar-refractivity contribution in [1.29, 1.82) is 0 Å². The number of hydrogen-bond acceptors (Lipinski definition) is 3. The molecule has 18 heavy (non-hydrogen) atoms. The van der Waals surface area contributed by atoms with Crippen LogP contribution < -0.4 is 10.1 Å². The molecular weight excluding hydrogens is 230 g/mol. The van der Waals surface area contributed by atoms with Crippen molar-refractivity contribution >= 4 is 5.97 Å². The molecule has 0 aromatic heterocycles. The molecule has 0 aliphatic heterocycles. The van der Waals surface area contributed by atoms with E-state index < -0.39 is 5.97 Å². The van der Waals surface area contributed by atoms with Crippen LogP contribution in [-0.2, 0) is 11.3 Å². The van der Waals surface area contributed by atoms with E-state index in [9.17, 15) is 4.79 Å². The van der Waals surface area contributed by atoms with Gasteiger partial charge in [0, 0.05) is 18.5 Å². The van der Waals surface area contributed by atoms with Crippen LogP contribution in [0.3, 0.4) is 0 Å². The normalized spacial score (nSPS) is 10.3. The highest BCUT2D eigenvalue weighted by Crippen LogP contribution is 2.19. The van der Waals surface area contributed by atoms with Crippen LogP contribution in [0.15, 0.2) is 18.2 Å². The molecule has 0 aliphatic carbocycles. The molecule has 0 amide bonds. The molecule has 0 saturated carbocycles. The molecule has 0 saturated heterocycles. The second kappa shape index (κ2) is 7.71. The van der Waals surface area contributed by atoms with Gasteiger partial charge in [-0.2, -0.15) is 0 Å². The van der Waals surface area contributed by atoms with Gasteiger partial charge in [0.2, 0.25) is 0 Å². The molecule has 1 aromatic carbocycles. The zero-order valence-corrected chi connectivity index (χ0v) is 11.0. The number of methoxy groups -OCH3 is 1. The maximum absolute atomic E-state index is 10.3. The van der Waals surface area contributed by atoms with Crippen molar-refractivity contribution in [3.05, 3.63) is 29.3 Å². The van der Waals surface area contributed by atoms with E-state index in [4.69, 9.17) is 9.84 Å². The summed E-state index contributed by atoms with van der Waals surface area (Å²) in [5.74, 6) is 0.161. The van der Waals surface area contributed by atoms with Crippen LogP contribution in [0.1, 0.15) is 30.4 Å². The first-order valence-corrected chi connectivity index (χ1v) is 6.19. The van der Waals surface area contributed by atoms with Crippen LogP contribution in [0, 0.1) is 6.92 Å². The van der Waals surface area contributed by atoms with Crippen molar-refractivity contribution in [2.24, 2.45) is 0 Å². The van der Waals surface area contributed by atoms with Crippen LogP contribution in [-0.4, -0.2) is 24.7 Å². The largest absolute Gasteiger partial charge is 0.496 e. The number of benzene rings is 1. The zero-order valence-electron chi connectivity index (χ0n) is 11.0. The molecule has 0 aliphatic rings. The van der Waals surface area contributed by atoms with Crippen LogP contribution in [0.25, 0.3) is 0 Å². The van der Waals surface area contributed by atoms with E-state index in [0.717, 1.165) is 30.8 Å². The summed E-state index contributed by atoms with van der Waals surface area (Å²) in [6.07, 6.45) is 1.84. The molecule has 0 spiro atoms. The number of ether oxygens (including phenoxy) is 1. The van der Waals surface area contributed by atoms with Gasteiger partial charge in [0.15, 0.2) is 0 Å². The average molecular weight is 251 g/mol. The van der Waals surface area contributed by atoms with Gasteiger partial charge < -0.3 is 15.2 Å². The fourth-order valence-corrected chi connectivity index (χ4v) is 1.79. The van der Waals surface area contributed by atoms with Gasteiger partial charge in [-0.05, 0) is 32.4 Å². The lowest BCUT2D eigenvalue weighted by Gasteiger charge is -2.10. The lowest BCUT2D eigenvalue weighted by atomic mass is 10.1. The van der Waals surface area contributed by atoms with E-state index in [2.05, 4.69) is 18.3 Å². The number of carbonyl (C=O) groups is 1. The molecule has 100 valence electrons. The summed E-state index contributed by atoms with van der Waals surface area (Å²) < 4.78 is 5.29. The first-order valence-electron chi connectivity index (χ1n) is 6.19. The number of rotatable bonds is 8. The number of hydrogen-bond donors (Lipinski definition) is 2. The van der Waals surface area contributed by atoms with E-state index in [1.165, 1.54) is 5.56 Å². The second-order valence-corrected chi connectivity index (χ2v) is 4.34. The predicted octanol–water partition coefficient (Wildman–Crippen LogP) is 2.35. The van der Waals surface area contributed by atoms with E-state index in [1.54, 1.807) is 7.11 Å². The monoisotopic (exact) mass is 251 g/mol. The quantitative estimate of drug-likeness (QED) is 0.696. The fraction of sp³-hybridized carbons (Fsp3) is 0.500. The Morgan fingerprint density at radius 2 is 2.17 bits per heavy atom. The molecular formula is C14H21NO3. The standard InChI is InChI=1S/C14H21NO3/c1-11-6-7-13(18-2)12(9-11)10-15-8-4-3-5-14(16)17/h6-7,9,15H,3-5,8,10H2,1-2H3,(H,16,17). The lowest BCUT2D eigenvalue weighted by Crippen LogP contribution is -2.15. The SMILES string of the molecule is COc1ccc(C)cc1CNCCCCC(=O)O. The van der Waals surface area contributed by atoms with Crippen LogP contribution in [0.2, 0.25) is 0 Å². The molecule has 4 heteroatoms. The van der Waals surface area contributed by atoms with Crippen molar-refractivity contribution in [3.63, 3.8) is 0 Å². The van der Waals surface area contributed by atoms with Crippen molar-refractivity contribution in [1.82, 2.24) is 5.32 Å². The predicted molar refractivity (Wildman–Crippen MR) is 70.9 cm³/mol. The third-order valence-electron chi connectivity index (χ3n) is 2.75. The maximum Gasteiger partial charge on any atom is 0.303 e. The summed E-state index contributed by atoms with van der Waals surface area (Å²) in [5, 5.41) is 11.8. The van der Waals surface area contributed by atoms with Gasteiger partial charge in [0.05, 0.1) is 7.11 Å². The number of carboxylic acid groups (broad SMARTS) is 1. The number of aliphatic carboxylic acids is 1. The van der Waals surface area contributed by atoms with Crippen LogP contribution >= 0.6 is 0 Å². The molecule has 0 fully saturated rings. The summed E-state index contributed by atoms with van der Waals surface area (Å²) >= 11 is 0. The summed E-state index contributed by atoms with van der Waals surface area (Å²) in [5.41, 5.74) is 2.34. The third-order valence-corrected chi connectivity index (χ3v) is 2.75. The molecule has 0 radical (unpaired) electrons. The Balaban J connectivity index is 2.30. The first kappa shape index (κ1) is 14.5. The van der Waals surface area contributed by atoms with Crippen molar-refractivity contribution in [2.75, 3.05) is 13.7 Å². The minimum Gasteiger partial charge on any atom is -0.496 e. The molecule has 0 heterocycles. The van der Waals surface area contributed by atoms with Crippen molar-refractivity contribution in [2.45, 2.75) is 32.7 Å². The Bertz CT molecular complexity index is 391. The highest BCUT2D eigenvalue weighted by molar-refractivity contribution is 5.66. The Labute approximate surface area is 108 Å². The van der Waals surface area contributed by atoms with Crippen molar-refractivity contribution in [3.8, 4) is 5.75 Å². The number of nitrogens with one attached hydrogen (secondary N) is 1. The van der Waals surface area contributed by atoms with E-state index >= 15 is 0 Å². The molecule has 0 atom stereocenters. The number of carboxylic acids is 1. The van der Waals surface area contributed by atoms with Gasteiger partial charge in [-0.1, -0.05) is 17.7 Å². The summed E-state index contributed by atoms with van der Waals surface area (Å²) in [6, 6.07) is 6.09. The lowest BCUT2D eigenvalue weighted by molar-refractivity contribution is -0.137. The molecule has 1 rings (SSSR count). The number of unbranched alkanes of at least 4 members (excludes halogenated alkanes) is 1. The Morgan fingerprint density at radius 3 is 2.83 bits per heavy atom. The smallest absolute Gasteiger partial charge is 0.303 e. The molecule has 0 unspecified atom stereocenters. The van der Waals surface area contributed by atoms with Gasteiger partial charge >= 0.3 is 5.97 Å². The first-order chi connectivity index (χ1) is 8.63. The van der Waals surface area contributed by atoms with Gasteiger partial charge in [-0.15, -0.1) is 0 Å². The minimum atomic E-state index is -0.727. The summed E-state index contributed by atoms with van der Waals surface area (Å²) in [7, 11) is 1.67. The highest BCUT2D eigenvalue weighted by atomic mass is 16.5. The summed E-state index contributed by atoms with van der Waals surface area (Å²) in [4.78, 5) is 10.3. The fourth-order valence-electron chi connectivity index (χ4n) is 1.79. The van der Waals surface area contributed by atoms with E-state index in [1.807, 2.05) is 12.1 Å². The maximum atomic E-state index is 10.3. The number of aryl methyl sites for hydroxylation is 1. The van der Waals surface area contributed by atoms with Gasteiger partial charge in [-0.3, -0.25) is 4.79 Å². The second-order valence-electron chi connectivity index (χ2n) is 4.34. The molecule has 2 N–H and O–H groups in total. The van der Waals surface area contributed by atoms with Crippen LogP contribution in [0.5, 0.6) is 5.75 Å². The van der Waals surface area contributed by atoms with Gasteiger partial charge in [-0.25, -0.2) is 0 Å². The van der Waals surface area contributed by atoms with E-state index in [-0.39, 0.29) is 6.42 Å². The van der Waals surface area contributed by atoms with Gasteiger partial charge in [0.1, 0.15) is 5.75 Å². The molecule has 0 bridgehead atoms. The Hall–Kier alpha value is -1.55. The minimum absolute atomic E-state index is 0.245. The summed E-state index contributed by atoms with van der Waals surface area (Å²) in [6.45, 7) is 3.62. The third kappa shape index (κ3) is 5.19. The zero-order chi connectivity index (χ0) is 13.4. The van der Waals surface area contributed by atoms with Crippen LogP contribution in [0.4, 0.5) is 0 Å².